The summed E-state index contributed by atoms with van der Waals surface area (Å²) in [4.78, 5) is 0. The zero-order valence-corrected chi connectivity index (χ0v) is 27.2. The molecule has 0 aromatic heterocycles. The Morgan fingerprint density at radius 2 is 0.973 bits per heavy atom. The van der Waals surface area contributed by atoms with Crippen molar-refractivity contribution in [2.75, 3.05) is 19.8 Å². The third-order valence-corrected chi connectivity index (χ3v) is 12.2. The van der Waals surface area contributed by atoms with Crippen molar-refractivity contribution < 1.29 is 26.5 Å². The molecule has 0 aliphatic heterocycles. The molecule has 0 bridgehead atoms. The van der Waals surface area contributed by atoms with Gasteiger partial charge in [0, 0.05) is 24.2 Å². The summed E-state index contributed by atoms with van der Waals surface area (Å²) in [5, 5.41) is 26.9. The maximum atomic E-state index is 8.99. The predicted molar refractivity (Wildman–Crippen MR) is 150 cm³/mol. The van der Waals surface area contributed by atoms with E-state index in [1.807, 2.05) is 76.9 Å². The molecule has 0 amide bonds. The number of hydrogen-bond acceptors (Lipinski definition) is 11. The monoisotopic (exact) mass is 617 g/mol. The van der Waals surface area contributed by atoms with E-state index in [0.29, 0.717) is 0 Å². The van der Waals surface area contributed by atoms with Crippen LogP contribution < -0.4 is 0 Å². The van der Waals surface area contributed by atoms with Gasteiger partial charge in [0.05, 0.1) is 57.3 Å². The topological polar surface area (TPSA) is 133 Å². The van der Waals surface area contributed by atoms with E-state index in [1.165, 1.54) is 0 Å². The number of rotatable bonds is 21. The molecule has 0 rings (SSSR count). The number of halogens is 1. The molecule has 0 aliphatic rings. The Balaban J connectivity index is 5.90. The highest BCUT2D eigenvalue weighted by atomic mass is 35.7. The molecule has 4 atom stereocenters. The zero-order valence-electron chi connectivity index (χ0n) is 22.9. The lowest BCUT2D eigenvalue weighted by molar-refractivity contribution is 0.194. The van der Waals surface area contributed by atoms with Crippen LogP contribution >= 0.6 is 44.6 Å². The fourth-order valence-electron chi connectivity index (χ4n) is 2.90. The van der Waals surface area contributed by atoms with E-state index in [2.05, 4.69) is 6.07 Å². The van der Waals surface area contributed by atoms with Crippen LogP contribution in [0, 0.1) is 34.0 Å². The van der Waals surface area contributed by atoms with Gasteiger partial charge in [0.1, 0.15) is 0 Å². The third kappa shape index (κ3) is 16.1. The minimum absolute atomic E-state index is 0.0635. The van der Waals surface area contributed by atoms with E-state index in [4.69, 9.17) is 53.5 Å². The van der Waals surface area contributed by atoms with Gasteiger partial charge in [-0.2, -0.15) is 15.8 Å². The highest BCUT2D eigenvalue weighted by Crippen LogP contribution is 2.68. The van der Waals surface area contributed by atoms with E-state index in [1.54, 1.807) is 0 Å². The quantitative estimate of drug-likeness (QED) is 0.0911. The average Bonchev–Trinajstić information content (AvgIpc) is 2.78. The summed E-state index contributed by atoms with van der Waals surface area (Å²) in [5.74, 6) is 0. The Labute approximate surface area is 232 Å². The lowest BCUT2D eigenvalue weighted by Gasteiger charge is -2.37. The number of nitriles is 3. The minimum atomic E-state index is -2.10. The second-order valence-corrected chi connectivity index (χ2v) is 14.9. The maximum Gasteiger partial charge on any atom is 0.346 e. The molecule has 4 unspecified atom stereocenters. The van der Waals surface area contributed by atoms with Crippen molar-refractivity contribution in [3.8, 4) is 18.2 Å². The van der Waals surface area contributed by atoms with Gasteiger partial charge in [-0.3, -0.25) is 4.31 Å². The molecular formula is C21H40ClN5O6P4. The normalized spacial score (nSPS) is 15.2. The first kappa shape index (κ1) is 37.2. The Bertz CT molecular complexity index is 722. The van der Waals surface area contributed by atoms with Crippen LogP contribution in [-0.4, -0.2) is 53.3 Å². The molecule has 0 aromatic rings. The summed E-state index contributed by atoms with van der Waals surface area (Å²) >= 11 is 6.66. The van der Waals surface area contributed by atoms with Crippen LogP contribution in [0.4, 0.5) is 0 Å². The van der Waals surface area contributed by atoms with Crippen LogP contribution in [0.25, 0.3) is 0 Å². The van der Waals surface area contributed by atoms with E-state index in [-0.39, 0.29) is 63.3 Å². The summed E-state index contributed by atoms with van der Waals surface area (Å²) in [6, 6.07) is 6.46. The molecule has 0 saturated heterocycles. The first-order chi connectivity index (χ1) is 17.5. The summed E-state index contributed by atoms with van der Waals surface area (Å²) < 4.78 is 39.8. The third-order valence-electron chi connectivity index (χ3n) is 4.13. The maximum absolute atomic E-state index is 8.99. The second kappa shape index (κ2) is 21.9. The Hall–Kier alpha value is 0.160. The van der Waals surface area contributed by atoms with Gasteiger partial charge in [-0.05, 0) is 66.6 Å². The number of hydrogen-bond donors (Lipinski definition) is 0. The Kier molecular flexibility index (Phi) is 22.0. The highest BCUT2D eigenvalue weighted by Gasteiger charge is 2.36. The molecule has 0 radical (unpaired) electrons. The molecule has 11 nitrogen and oxygen atoms in total. The van der Waals surface area contributed by atoms with Gasteiger partial charge in [-0.25, -0.2) is 18.0 Å². The fourth-order valence-corrected chi connectivity index (χ4v) is 10.5. The van der Waals surface area contributed by atoms with Crippen LogP contribution in [0.5, 0.6) is 0 Å². The van der Waals surface area contributed by atoms with Gasteiger partial charge >= 0.3 is 17.2 Å². The van der Waals surface area contributed by atoms with Gasteiger partial charge < -0.3 is 13.6 Å². The fraction of sp³-hybridized carbons (Fsp3) is 0.857. The summed E-state index contributed by atoms with van der Waals surface area (Å²) in [6.45, 7) is 16.4. The average molecular weight is 618 g/mol. The molecule has 0 N–H and O–H groups in total. The minimum Gasteiger partial charge on any atom is -0.321 e. The molecular weight excluding hydrogens is 578 g/mol. The van der Waals surface area contributed by atoms with Gasteiger partial charge in [-0.1, -0.05) is 0 Å². The lowest BCUT2D eigenvalue weighted by Crippen LogP contribution is -2.33. The molecule has 0 spiro atoms. The summed E-state index contributed by atoms with van der Waals surface area (Å²) in [7, 11) is -7.47. The van der Waals surface area contributed by atoms with Crippen molar-refractivity contribution in [2.24, 2.45) is 0 Å². The standard InChI is InChI=1S/C21H40ClN5O6P4/c1-18(2)26(19(3)4)34(22)31-36(29-16-10-13-24)33-37(30-17-11-14-25)32-35(28-15-9-12-23)27(20(5)6)21(7)8/h18-21H,9-11,15-17H2,1-8H3. The Morgan fingerprint density at radius 1 is 0.595 bits per heavy atom. The molecule has 0 heterocycles. The molecule has 0 aliphatic carbocycles. The van der Waals surface area contributed by atoms with Crippen molar-refractivity contribution in [2.45, 2.75) is 98.8 Å². The lowest BCUT2D eigenvalue weighted by atomic mass is 10.3. The molecule has 0 fully saturated rings. The van der Waals surface area contributed by atoms with Crippen molar-refractivity contribution in [1.82, 2.24) is 9.34 Å². The van der Waals surface area contributed by atoms with Crippen molar-refractivity contribution in [3.63, 3.8) is 0 Å². The SMILES string of the molecule is CC(C)N(C(C)C)P(Cl)OP(OCCC#N)OP(OCCC#N)OP(OCCC#N)N(C(C)C)C(C)C. The summed E-state index contributed by atoms with van der Waals surface area (Å²) in [6.07, 6.45) is 0.460. The van der Waals surface area contributed by atoms with Gasteiger partial charge in [0.15, 0.2) is 0 Å². The number of nitrogens with zero attached hydrogens (tertiary/aromatic N) is 5. The van der Waals surface area contributed by atoms with Crippen molar-refractivity contribution in [3.05, 3.63) is 0 Å². The van der Waals surface area contributed by atoms with E-state index in [9.17, 15) is 0 Å². The van der Waals surface area contributed by atoms with E-state index in [0.717, 1.165) is 0 Å². The van der Waals surface area contributed by atoms with Gasteiger partial charge in [0.2, 0.25) is 7.65 Å². The van der Waals surface area contributed by atoms with Crippen LogP contribution in [0.1, 0.15) is 74.7 Å². The van der Waals surface area contributed by atoms with Gasteiger partial charge in [-0.15, -0.1) is 0 Å². The largest absolute Gasteiger partial charge is 0.346 e. The smallest absolute Gasteiger partial charge is 0.321 e. The first-order valence-corrected chi connectivity index (χ1v) is 17.4. The predicted octanol–water partition coefficient (Wildman–Crippen LogP) is 8.21. The molecule has 0 saturated carbocycles. The van der Waals surface area contributed by atoms with Gasteiger partial charge in [0.25, 0.3) is 8.53 Å². The summed E-state index contributed by atoms with van der Waals surface area (Å²) in [5.41, 5.74) is 0. The Morgan fingerprint density at radius 3 is 1.35 bits per heavy atom. The van der Waals surface area contributed by atoms with E-state index >= 15 is 0 Å². The van der Waals surface area contributed by atoms with Crippen LogP contribution in [0.15, 0.2) is 0 Å². The van der Waals surface area contributed by atoms with Crippen LogP contribution in [-0.2, 0) is 26.5 Å². The van der Waals surface area contributed by atoms with Crippen molar-refractivity contribution >= 4 is 44.6 Å². The second-order valence-electron chi connectivity index (χ2n) is 8.52. The van der Waals surface area contributed by atoms with Crippen molar-refractivity contribution in [1.29, 1.82) is 15.8 Å². The molecule has 0 aromatic carbocycles. The van der Waals surface area contributed by atoms with Crippen LogP contribution in [0.2, 0.25) is 0 Å². The molecule has 16 heteroatoms. The highest BCUT2D eigenvalue weighted by molar-refractivity contribution is 7.82. The molecule has 37 heavy (non-hydrogen) atoms. The molecule has 212 valence electrons. The van der Waals surface area contributed by atoms with E-state index < -0.39 is 33.4 Å². The zero-order chi connectivity index (χ0) is 28.4. The first-order valence-electron chi connectivity index (χ1n) is 12.0. The van der Waals surface area contributed by atoms with Crippen LogP contribution in [0.3, 0.4) is 0 Å².